The highest BCUT2D eigenvalue weighted by Crippen LogP contribution is 2.19. The first-order valence-electron chi connectivity index (χ1n) is 6.45. The zero-order chi connectivity index (χ0) is 13.1. The number of nitrogens with zero attached hydrogens (tertiary/aromatic N) is 2. The number of piperazine rings is 1. The van der Waals surface area contributed by atoms with Crippen LogP contribution in [0, 0.1) is 0 Å². The van der Waals surface area contributed by atoms with E-state index in [4.69, 9.17) is 5.73 Å². The van der Waals surface area contributed by atoms with Gasteiger partial charge in [-0.15, -0.1) is 0 Å². The largest absolute Gasteiger partial charge is 0.326 e. The Morgan fingerprint density at radius 2 is 2.06 bits per heavy atom. The molecule has 0 aliphatic carbocycles. The predicted molar refractivity (Wildman–Crippen MR) is 79.7 cm³/mol. The lowest BCUT2D eigenvalue weighted by molar-refractivity contribution is 0.0973. The lowest BCUT2D eigenvalue weighted by Crippen LogP contribution is -2.58. The van der Waals surface area contributed by atoms with E-state index in [1.54, 1.807) is 0 Å². The van der Waals surface area contributed by atoms with Crippen LogP contribution in [0.4, 0.5) is 0 Å². The van der Waals surface area contributed by atoms with Crippen molar-refractivity contribution in [2.75, 3.05) is 33.7 Å². The van der Waals surface area contributed by atoms with E-state index in [0.29, 0.717) is 6.04 Å². The minimum atomic E-state index is 0.177. The molecule has 1 saturated heterocycles. The standard InChI is InChI=1S/C14H22BrN3/c1-17-7-8-18(2)14(10-17)13(16)9-11-5-3-4-6-12(11)15/h3-6,13-14H,7-10,16H2,1-2H3. The Balaban J connectivity index is 2.03. The maximum absolute atomic E-state index is 6.41. The van der Waals surface area contributed by atoms with E-state index in [2.05, 4.69) is 58.0 Å². The number of hydrogen-bond acceptors (Lipinski definition) is 3. The lowest BCUT2D eigenvalue weighted by atomic mass is 9.97. The molecule has 1 aromatic rings. The van der Waals surface area contributed by atoms with Gasteiger partial charge in [0, 0.05) is 36.2 Å². The van der Waals surface area contributed by atoms with Gasteiger partial charge in [0.15, 0.2) is 0 Å². The van der Waals surface area contributed by atoms with Crippen LogP contribution in [0.15, 0.2) is 28.7 Å². The fourth-order valence-corrected chi connectivity index (χ4v) is 3.01. The van der Waals surface area contributed by atoms with Gasteiger partial charge in [-0.2, -0.15) is 0 Å². The normalized spacial score (nSPS) is 24.1. The molecule has 18 heavy (non-hydrogen) atoms. The Kier molecular flexibility index (Phi) is 4.78. The van der Waals surface area contributed by atoms with E-state index >= 15 is 0 Å². The van der Waals surface area contributed by atoms with E-state index in [-0.39, 0.29) is 6.04 Å². The minimum Gasteiger partial charge on any atom is -0.326 e. The molecule has 2 rings (SSSR count). The van der Waals surface area contributed by atoms with Gasteiger partial charge in [-0.05, 0) is 32.1 Å². The highest BCUT2D eigenvalue weighted by atomic mass is 79.9. The van der Waals surface area contributed by atoms with Crippen LogP contribution in [0.5, 0.6) is 0 Å². The van der Waals surface area contributed by atoms with Crippen molar-refractivity contribution in [2.45, 2.75) is 18.5 Å². The monoisotopic (exact) mass is 311 g/mol. The maximum Gasteiger partial charge on any atom is 0.0375 e. The number of halogens is 1. The summed E-state index contributed by atoms with van der Waals surface area (Å²) in [6, 6.07) is 8.96. The van der Waals surface area contributed by atoms with E-state index in [1.165, 1.54) is 5.56 Å². The van der Waals surface area contributed by atoms with Crippen molar-refractivity contribution in [2.24, 2.45) is 5.73 Å². The molecule has 1 aromatic carbocycles. The van der Waals surface area contributed by atoms with Crippen molar-refractivity contribution in [1.29, 1.82) is 0 Å². The molecule has 1 aliphatic heterocycles. The molecule has 1 aliphatic rings. The van der Waals surface area contributed by atoms with Crippen LogP contribution in [-0.2, 0) is 6.42 Å². The second-order valence-corrected chi connectivity index (χ2v) is 6.12. The van der Waals surface area contributed by atoms with Gasteiger partial charge >= 0.3 is 0 Å². The average Bonchev–Trinajstić information content (AvgIpc) is 2.35. The van der Waals surface area contributed by atoms with Crippen LogP contribution in [0.3, 0.4) is 0 Å². The van der Waals surface area contributed by atoms with Crippen molar-refractivity contribution in [3.8, 4) is 0 Å². The second-order valence-electron chi connectivity index (χ2n) is 5.27. The smallest absolute Gasteiger partial charge is 0.0375 e. The second kappa shape index (κ2) is 6.15. The summed E-state index contributed by atoms with van der Waals surface area (Å²) in [5.74, 6) is 0. The maximum atomic E-state index is 6.41. The molecule has 0 saturated carbocycles. The van der Waals surface area contributed by atoms with Gasteiger partial charge in [0.05, 0.1) is 0 Å². The van der Waals surface area contributed by atoms with Gasteiger partial charge in [-0.3, -0.25) is 4.90 Å². The number of likely N-dealkylation sites (N-methyl/N-ethyl adjacent to an activating group) is 2. The average molecular weight is 312 g/mol. The van der Waals surface area contributed by atoms with Crippen molar-refractivity contribution in [3.63, 3.8) is 0 Å². The molecule has 2 atom stereocenters. The Labute approximate surface area is 118 Å². The fourth-order valence-electron chi connectivity index (χ4n) is 2.56. The van der Waals surface area contributed by atoms with Crippen LogP contribution in [-0.4, -0.2) is 55.6 Å². The van der Waals surface area contributed by atoms with Crippen molar-refractivity contribution < 1.29 is 0 Å². The molecule has 100 valence electrons. The number of benzene rings is 1. The van der Waals surface area contributed by atoms with Crippen LogP contribution >= 0.6 is 15.9 Å². The third kappa shape index (κ3) is 3.32. The summed E-state index contributed by atoms with van der Waals surface area (Å²) < 4.78 is 1.16. The van der Waals surface area contributed by atoms with Gasteiger partial charge in [-0.1, -0.05) is 34.1 Å². The molecule has 1 heterocycles. The van der Waals surface area contributed by atoms with Crippen molar-refractivity contribution in [1.82, 2.24) is 9.80 Å². The Bertz CT molecular complexity index is 396. The van der Waals surface area contributed by atoms with Crippen molar-refractivity contribution >= 4 is 15.9 Å². The first-order chi connectivity index (χ1) is 8.58. The lowest BCUT2D eigenvalue weighted by Gasteiger charge is -2.40. The number of nitrogens with two attached hydrogens (primary N) is 1. The SMILES string of the molecule is CN1CCN(C)C(C(N)Cc2ccccc2Br)C1. The van der Waals surface area contributed by atoms with E-state index < -0.39 is 0 Å². The Morgan fingerprint density at radius 1 is 1.33 bits per heavy atom. The first kappa shape index (κ1) is 14.0. The minimum absolute atomic E-state index is 0.177. The summed E-state index contributed by atoms with van der Waals surface area (Å²) in [5, 5.41) is 0. The van der Waals surface area contributed by atoms with E-state index in [0.717, 1.165) is 30.5 Å². The summed E-state index contributed by atoms with van der Waals surface area (Å²) in [6.45, 7) is 3.29. The summed E-state index contributed by atoms with van der Waals surface area (Å²) in [6.07, 6.45) is 0.921. The molecular formula is C14H22BrN3. The molecule has 0 aromatic heterocycles. The topological polar surface area (TPSA) is 32.5 Å². The molecule has 2 unspecified atom stereocenters. The number of hydrogen-bond donors (Lipinski definition) is 1. The van der Waals surface area contributed by atoms with Gasteiger partial charge in [0.2, 0.25) is 0 Å². The quantitative estimate of drug-likeness (QED) is 0.919. The van der Waals surface area contributed by atoms with Crippen LogP contribution < -0.4 is 5.73 Å². The summed E-state index contributed by atoms with van der Waals surface area (Å²) in [7, 11) is 4.35. The molecule has 1 fully saturated rings. The summed E-state index contributed by atoms with van der Waals surface area (Å²) in [5.41, 5.74) is 7.71. The Morgan fingerprint density at radius 3 is 2.78 bits per heavy atom. The van der Waals surface area contributed by atoms with Crippen molar-refractivity contribution in [3.05, 3.63) is 34.3 Å². The third-order valence-electron chi connectivity index (χ3n) is 3.81. The molecule has 3 nitrogen and oxygen atoms in total. The molecule has 2 N–H and O–H groups in total. The van der Waals surface area contributed by atoms with Crippen LogP contribution in [0.1, 0.15) is 5.56 Å². The first-order valence-corrected chi connectivity index (χ1v) is 7.25. The Hall–Kier alpha value is -0.420. The zero-order valence-electron chi connectivity index (χ0n) is 11.1. The van der Waals surface area contributed by atoms with Crippen LogP contribution in [0.2, 0.25) is 0 Å². The molecule has 4 heteroatoms. The molecular weight excluding hydrogens is 290 g/mol. The van der Waals surface area contributed by atoms with E-state index in [1.807, 2.05) is 6.07 Å². The van der Waals surface area contributed by atoms with Crippen LogP contribution in [0.25, 0.3) is 0 Å². The summed E-state index contributed by atoms with van der Waals surface area (Å²) in [4.78, 5) is 4.76. The van der Waals surface area contributed by atoms with Gasteiger partial charge in [0.25, 0.3) is 0 Å². The zero-order valence-corrected chi connectivity index (χ0v) is 12.7. The summed E-state index contributed by atoms with van der Waals surface area (Å²) >= 11 is 3.60. The van der Waals surface area contributed by atoms with Gasteiger partial charge in [-0.25, -0.2) is 0 Å². The molecule has 0 radical (unpaired) electrons. The predicted octanol–water partition coefficient (Wildman–Crippen LogP) is 1.56. The number of rotatable bonds is 3. The fraction of sp³-hybridized carbons (Fsp3) is 0.571. The molecule has 0 amide bonds. The highest BCUT2D eigenvalue weighted by molar-refractivity contribution is 9.10. The van der Waals surface area contributed by atoms with Gasteiger partial charge in [0.1, 0.15) is 0 Å². The van der Waals surface area contributed by atoms with E-state index in [9.17, 15) is 0 Å². The highest BCUT2D eigenvalue weighted by Gasteiger charge is 2.27. The van der Waals surface area contributed by atoms with Gasteiger partial charge < -0.3 is 10.6 Å². The third-order valence-corrected chi connectivity index (χ3v) is 4.58. The molecule has 0 bridgehead atoms. The molecule has 0 spiro atoms.